The fourth-order valence-corrected chi connectivity index (χ4v) is 2.66. The number of carbonyl (C=O) groups is 2. The minimum atomic E-state index is -0.426. The molecule has 1 aromatic carbocycles. The minimum absolute atomic E-state index is 0.0511. The number of nitrogens with one attached hydrogen (secondary N) is 2. The molecule has 0 spiro atoms. The van der Waals surface area contributed by atoms with Gasteiger partial charge in [-0.25, -0.2) is 4.39 Å². The number of carbonyl (C=O) groups excluding carboxylic acids is 2. The van der Waals surface area contributed by atoms with Crippen molar-refractivity contribution in [1.29, 1.82) is 0 Å². The van der Waals surface area contributed by atoms with E-state index in [4.69, 9.17) is 0 Å². The van der Waals surface area contributed by atoms with Crippen LogP contribution in [0.25, 0.3) is 0 Å². The Labute approximate surface area is 142 Å². The van der Waals surface area contributed by atoms with Crippen LogP contribution in [0, 0.1) is 5.82 Å². The van der Waals surface area contributed by atoms with Crippen molar-refractivity contribution in [1.82, 2.24) is 15.1 Å². The summed E-state index contributed by atoms with van der Waals surface area (Å²) in [7, 11) is 0. The first-order valence-electron chi connectivity index (χ1n) is 8.34. The van der Waals surface area contributed by atoms with Gasteiger partial charge in [0.2, 0.25) is 11.8 Å². The standard InChI is InChI=1S/C17H25FN4O2/c1-2-19-17(24)13-22-11-9-21(10-12-22)8-7-16(23)20-15-6-4-3-5-14(15)18/h3-6H,2,7-13H2,1H3,(H,19,24)(H,20,23). The fraction of sp³-hybridized carbons (Fsp3) is 0.529. The smallest absolute Gasteiger partial charge is 0.234 e. The lowest BCUT2D eigenvalue weighted by Gasteiger charge is -2.34. The van der Waals surface area contributed by atoms with Crippen LogP contribution < -0.4 is 10.6 Å². The van der Waals surface area contributed by atoms with Crippen molar-refractivity contribution in [3.8, 4) is 0 Å². The number of amides is 2. The Kier molecular flexibility index (Phi) is 7.14. The molecular formula is C17H25FN4O2. The number of para-hydroxylation sites is 1. The number of nitrogens with zero attached hydrogens (tertiary/aromatic N) is 2. The number of anilines is 1. The number of rotatable bonds is 7. The maximum absolute atomic E-state index is 13.5. The number of benzene rings is 1. The first-order chi connectivity index (χ1) is 11.6. The molecule has 0 aromatic heterocycles. The number of likely N-dealkylation sites (N-methyl/N-ethyl adjacent to an activating group) is 1. The van der Waals surface area contributed by atoms with Crippen molar-refractivity contribution in [3.63, 3.8) is 0 Å². The third-order valence-corrected chi connectivity index (χ3v) is 4.01. The SMILES string of the molecule is CCNC(=O)CN1CCN(CCC(=O)Nc2ccccc2F)CC1. The summed E-state index contributed by atoms with van der Waals surface area (Å²) in [4.78, 5) is 27.8. The third-order valence-electron chi connectivity index (χ3n) is 4.01. The second-order valence-corrected chi connectivity index (χ2v) is 5.85. The van der Waals surface area contributed by atoms with E-state index in [-0.39, 0.29) is 17.5 Å². The molecule has 0 saturated carbocycles. The van der Waals surface area contributed by atoms with E-state index in [0.29, 0.717) is 26.1 Å². The molecule has 1 aromatic rings. The molecule has 0 atom stereocenters. The van der Waals surface area contributed by atoms with Gasteiger partial charge in [0.05, 0.1) is 12.2 Å². The van der Waals surface area contributed by atoms with Crippen molar-refractivity contribution in [2.75, 3.05) is 51.1 Å². The molecule has 132 valence electrons. The fourth-order valence-electron chi connectivity index (χ4n) is 2.66. The lowest BCUT2D eigenvalue weighted by molar-refractivity contribution is -0.122. The highest BCUT2D eigenvalue weighted by Gasteiger charge is 2.19. The van der Waals surface area contributed by atoms with E-state index in [1.165, 1.54) is 6.07 Å². The maximum atomic E-state index is 13.5. The van der Waals surface area contributed by atoms with E-state index in [0.717, 1.165) is 26.2 Å². The van der Waals surface area contributed by atoms with Crippen LogP contribution in [-0.2, 0) is 9.59 Å². The first kappa shape index (κ1) is 18.4. The minimum Gasteiger partial charge on any atom is -0.355 e. The Balaban J connectivity index is 1.66. The Hall–Kier alpha value is -1.99. The van der Waals surface area contributed by atoms with Gasteiger partial charge in [-0.1, -0.05) is 12.1 Å². The second kappa shape index (κ2) is 9.34. The Morgan fingerprint density at radius 2 is 1.75 bits per heavy atom. The highest BCUT2D eigenvalue weighted by molar-refractivity contribution is 5.90. The van der Waals surface area contributed by atoms with Crippen molar-refractivity contribution >= 4 is 17.5 Å². The molecule has 2 amide bonds. The summed E-state index contributed by atoms with van der Waals surface area (Å²) >= 11 is 0. The third kappa shape index (κ3) is 5.90. The zero-order chi connectivity index (χ0) is 17.4. The predicted molar refractivity (Wildman–Crippen MR) is 91.2 cm³/mol. The number of halogens is 1. The van der Waals surface area contributed by atoms with E-state index in [1.807, 2.05) is 6.92 Å². The van der Waals surface area contributed by atoms with Crippen molar-refractivity contribution in [3.05, 3.63) is 30.1 Å². The first-order valence-corrected chi connectivity index (χ1v) is 8.34. The summed E-state index contributed by atoms with van der Waals surface area (Å²) in [5.41, 5.74) is 0.217. The lowest BCUT2D eigenvalue weighted by atomic mass is 10.2. The van der Waals surface area contributed by atoms with E-state index in [9.17, 15) is 14.0 Å². The quantitative estimate of drug-likeness (QED) is 0.777. The largest absolute Gasteiger partial charge is 0.355 e. The second-order valence-electron chi connectivity index (χ2n) is 5.85. The lowest BCUT2D eigenvalue weighted by Crippen LogP contribution is -2.49. The van der Waals surface area contributed by atoms with Crippen LogP contribution in [0.3, 0.4) is 0 Å². The summed E-state index contributed by atoms with van der Waals surface area (Å²) in [6, 6.07) is 6.15. The van der Waals surface area contributed by atoms with E-state index in [2.05, 4.69) is 20.4 Å². The van der Waals surface area contributed by atoms with Gasteiger partial charge in [0, 0.05) is 45.7 Å². The van der Waals surface area contributed by atoms with Gasteiger partial charge >= 0.3 is 0 Å². The van der Waals surface area contributed by atoms with Gasteiger partial charge < -0.3 is 15.5 Å². The zero-order valence-electron chi connectivity index (χ0n) is 14.1. The summed E-state index contributed by atoms with van der Waals surface area (Å²) < 4.78 is 13.5. The average Bonchev–Trinajstić information content (AvgIpc) is 2.56. The van der Waals surface area contributed by atoms with Crippen molar-refractivity contribution in [2.24, 2.45) is 0 Å². The van der Waals surface area contributed by atoms with E-state index >= 15 is 0 Å². The summed E-state index contributed by atoms with van der Waals surface area (Å²) in [6.45, 7) is 6.89. The molecular weight excluding hydrogens is 311 g/mol. The Bertz CT molecular complexity index is 559. The number of hydrogen-bond donors (Lipinski definition) is 2. The Morgan fingerprint density at radius 3 is 2.42 bits per heavy atom. The topological polar surface area (TPSA) is 64.7 Å². The highest BCUT2D eigenvalue weighted by Crippen LogP contribution is 2.12. The zero-order valence-corrected chi connectivity index (χ0v) is 14.1. The summed E-state index contributed by atoms with van der Waals surface area (Å²) in [6.07, 6.45) is 0.324. The van der Waals surface area contributed by atoms with Gasteiger partial charge in [-0.2, -0.15) is 0 Å². The van der Waals surface area contributed by atoms with Gasteiger partial charge in [0.25, 0.3) is 0 Å². The molecule has 1 saturated heterocycles. The van der Waals surface area contributed by atoms with Crippen LogP contribution in [-0.4, -0.2) is 67.4 Å². The number of piperazine rings is 1. The molecule has 24 heavy (non-hydrogen) atoms. The summed E-state index contributed by atoms with van der Waals surface area (Å²) in [5, 5.41) is 5.39. The molecule has 0 unspecified atom stereocenters. The molecule has 1 heterocycles. The van der Waals surface area contributed by atoms with Crippen LogP contribution in [0.4, 0.5) is 10.1 Å². The van der Waals surface area contributed by atoms with Crippen LogP contribution in [0.5, 0.6) is 0 Å². The normalized spacial score (nSPS) is 15.9. The van der Waals surface area contributed by atoms with E-state index < -0.39 is 5.82 Å². The molecule has 1 aliphatic rings. The molecule has 1 fully saturated rings. The summed E-state index contributed by atoms with van der Waals surface area (Å²) in [5.74, 6) is -0.565. The van der Waals surface area contributed by atoms with Crippen LogP contribution in [0.2, 0.25) is 0 Å². The van der Waals surface area contributed by atoms with Gasteiger partial charge in [0.15, 0.2) is 0 Å². The molecule has 7 heteroatoms. The van der Waals surface area contributed by atoms with Gasteiger partial charge in [-0.05, 0) is 19.1 Å². The van der Waals surface area contributed by atoms with Crippen LogP contribution in [0.15, 0.2) is 24.3 Å². The molecule has 2 rings (SSSR count). The highest BCUT2D eigenvalue weighted by atomic mass is 19.1. The van der Waals surface area contributed by atoms with Crippen LogP contribution in [0.1, 0.15) is 13.3 Å². The maximum Gasteiger partial charge on any atom is 0.234 e. The van der Waals surface area contributed by atoms with Gasteiger partial charge in [0.1, 0.15) is 5.82 Å². The predicted octanol–water partition coefficient (Wildman–Crippen LogP) is 0.908. The molecule has 0 bridgehead atoms. The van der Waals surface area contributed by atoms with E-state index in [1.54, 1.807) is 18.2 Å². The Morgan fingerprint density at radius 1 is 1.08 bits per heavy atom. The molecule has 0 aliphatic carbocycles. The molecule has 6 nitrogen and oxygen atoms in total. The molecule has 2 N–H and O–H groups in total. The molecule has 1 aliphatic heterocycles. The average molecular weight is 336 g/mol. The van der Waals surface area contributed by atoms with Crippen molar-refractivity contribution < 1.29 is 14.0 Å². The monoisotopic (exact) mass is 336 g/mol. The van der Waals surface area contributed by atoms with Gasteiger partial charge in [-0.15, -0.1) is 0 Å². The molecule has 0 radical (unpaired) electrons. The van der Waals surface area contributed by atoms with Crippen molar-refractivity contribution in [2.45, 2.75) is 13.3 Å². The van der Waals surface area contributed by atoms with Crippen LogP contribution >= 0.6 is 0 Å². The van der Waals surface area contributed by atoms with Gasteiger partial charge in [-0.3, -0.25) is 14.5 Å². The number of hydrogen-bond acceptors (Lipinski definition) is 4.